The van der Waals surface area contributed by atoms with E-state index in [1.165, 1.54) is 12.1 Å². The molecule has 0 bridgehead atoms. The van der Waals surface area contributed by atoms with Gasteiger partial charge in [0.05, 0.1) is 13.2 Å². The van der Waals surface area contributed by atoms with Gasteiger partial charge in [-0.2, -0.15) is 0 Å². The molecule has 0 aromatic heterocycles. The third-order valence-electron chi connectivity index (χ3n) is 6.33. The maximum atomic E-state index is 12.7. The third-order valence-corrected chi connectivity index (χ3v) is 6.33. The second kappa shape index (κ2) is 21.2. The Morgan fingerprint density at radius 3 is 1.81 bits per heavy atom. The fourth-order valence-corrected chi connectivity index (χ4v) is 3.71. The minimum Gasteiger partial charge on any atom is -0.458 e. The van der Waals surface area contributed by atoms with Gasteiger partial charge in [-0.05, 0) is 64.2 Å². The Balaban J connectivity index is 2.85. The number of hydrogen-bond acceptors (Lipinski definition) is 12. The largest absolute Gasteiger partial charge is 0.513 e. The number of ether oxygens (including phenoxy) is 7. The van der Waals surface area contributed by atoms with E-state index >= 15 is 0 Å². The number of esters is 1. The maximum Gasteiger partial charge on any atom is 0.513 e. The molecule has 0 aliphatic rings. The van der Waals surface area contributed by atoms with E-state index in [1.807, 2.05) is 20.8 Å². The Morgan fingerprint density at radius 2 is 1.26 bits per heavy atom. The highest BCUT2D eigenvalue weighted by molar-refractivity contribution is 5.76. The molecule has 1 unspecified atom stereocenters. The highest BCUT2D eigenvalue weighted by Crippen LogP contribution is 2.30. The van der Waals surface area contributed by atoms with E-state index < -0.39 is 42.7 Å². The van der Waals surface area contributed by atoms with E-state index in [9.17, 15) is 19.2 Å². The summed E-state index contributed by atoms with van der Waals surface area (Å²) in [6.45, 7) is 11.3. The third kappa shape index (κ3) is 16.0. The summed E-state index contributed by atoms with van der Waals surface area (Å²) in [7, 11) is 0. The van der Waals surface area contributed by atoms with Crippen molar-refractivity contribution < 1.29 is 52.3 Å². The fourth-order valence-electron chi connectivity index (χ4n) is 3.71. The van der Waals surface area contributed by atoms with Gasteiger partial charge in [0.2, 0.25) is 0 Å². The summed E-state index contributed by atoms with van der Waals surface area (Å²) in [4.78, 5) is 49.1. The molecule has 1 aromatic carbocycles. The SMILES string of the molecule is CCCCCOC(=O)Oc1ccc(C[C@H](N)C(=O)O[C@@H](C)[C@H](C)OC(=O)OC(C)CCC)cc1OC(=O)OCCCCC. The van der Waals surface area contributed by atoms with Crippen molar-refractivity contribution in [2.45, 2.75) is 124 Å². The number of rotatable bonds is 19. The van der Waals surface area contributed by atoms with E-state index in [-0.39, 0.29) is 37.2 Å². The fraction of sp³-hybridized carbons (Fsp3) is 0.677. The maximum absolute atomic E-state index is 12.7. The van der Waals surface area contributed by atoms with Crippen molar-refractivity contribution in [1.82, 2.24) is 0 Å². The Bertz CT molecular complexity index is 1000. The molecule has 244 valence electrons. The number of hydrogen-bond donors (Lipinski definition) is 1. The summed E-state index contributed by atoms with van der Waals surface area (Å²) in [5.41, 5.74) is 6.59. The molecule has 0 amide bonds. The average molecular weight is 612 g/mol. The van der Waals surface area contributed by atoms with E-state index in [4.69, 9.17) is 38.9 Å². The molecule has 0 spiro atoms. The van der Waals surface area contributed by atoms with Crippen LogP contribution in [0.25, 0.3) is 0 Å². The molecule has 12 heteroatoms. The topological polar surface area (TPSA) is 159 Å². The van der Waals surface area contributed by atoms with Crippen molar-refractivity contribution in [3.63, 3.8) is 0 Å². The number of carbonyl (C=O) groups is 4. The zero-order chi connectivity index (χ0) is 32.2. The predicted octanol–water partition coefficient (Wildman–Crippen LogP) is 6.63. The number of unbranched alkanes of at least 4 members (excludes halogenated alkanes) is 4. The Morgan fingerprint density at radius 1 is 0.698 bits per heavy atom. The van der Waals surface area contributed by atoms with Gasteiger partial charge in [-0.1, -0.05) is 58.9 Å². The van der Waals surface area contributed by atoms with Crippen LogP contribution in [0.3, 0.4) is 0 Å². The van der Waals surface area contributed by atoms with Crippen molar-refractivity contribution in [3.8, 4) is 11.5 Å². The molecule has 0 aliphatic heterocycles. The lowest BCUT2D eigenvalue weighted by Crippen LogP contribution is -2.39. The van der Waals surface area contributed by atoms with Crippen molar-refractivity contribution in [2.75, 3.05) is 13.2 Å². The second-order valence-corrected chi connectivity index (χ2v) is 10.3. The molecule has 0 aliphatic carbocycles. The first-order valence-corrected chi connectivity index (χ1v) is 15.2. The predicted molar refractivity (Wildman–Crippen MR) is 158 cm³/mol. The van der Waals surface area contributed by atoms with Crippen LogP contribution in [-0.2, 0) is 34.9 Å². The minimum absolute atomic E-state index is 0.00101. The summed E-state index contributed by atoms with van der Waals surface area (Å²) in [6.07, 6.45) is 2.01. The van der Waals surface area contributed by atoms with Gasteiger partial charge in [-0.15, -0.1) is 0 Å². The number of benzene rings is 1. The van der Waals surface area contributed by atoms with Gasteiger partial charge >= 0.3 is 24.4 Å². The van der Waals surface area contributed by atoms with Crippen LogP contribution in [0.15, 0.2) is 18.2 Å². The van der Waals surface area contributed by atoms with E-state index in [2.05, 4.69) is 0 Å². The molecule has 0 radical (unpaired) electrons. The zero-order valence-corrected chi connectivity index (χ0v) is 26.4. The Labute approximate surface area is 254 Å². The van der Waals surface area contributed by atoms with Crippen LogP contribution >= 0.6 is 0 Å². The second-order valence-electron chi connectivity index (χ2n) is 10.3. The Kier molecular flexibility index (Phi) is 18.5. The van der Waals surface area contributed by atoms with Crippen LogP contribution < -0.4 is 15.2 Å². The van der Waals surface area contributed by atoms with E-state index in [1.54, 1.807) is 26.8 Å². The first-order valence-electron chi connectivity index (χ1n) is 15.2. The van der Waals surface area contributed by atoms with Gasteiger partial charge < -0.3 is 38.9 Å². The van der Waals surface area contributed by atoms with E-state index in [0.717, 1.165) is 32.1 Å². The van der Waals surface area contributed by atoms with Gasteiger partial charge in [0, 0.05) is 0 Å². The number of carbonyl (C=O) groups excluding carboxylic acids is 4. The quantitative estimate of drug-likeness (QED) is 0.0771. The summed E-state index contributed by atoms with van der Waals surface area (Å²) in [5, 5.41) is 0. The molecular weight excluding hydrogens is 562 g/mol. The monoisotopic (exact) mass is 611 g/mol. The molecule has 1 aromatic rings. The summed E-state index contributed by atoms with van der Waals surface area (Å²) >= 11 is 0. The standard InChI is InChI=1S/C31H49NO11/c1-7-10-12-17-37-29(34)42-26-16-15-24(20-27(26)43-30(35)38-18-13-11-8-2)19-25(32)28(33)40-22(5)23(6)41-31(36)39-21(4)14-9-3/h15-16,20-23,25H,7-14,17-19,32H2,1-6H3/t21?,22-,23-,25-/m0/s1. The molecule has 43 heavy (non-hydrogen) atoms. The molecule has 4 atom stereocenters. The van der Waals surface area contributed by atoms with Gasteiger partial charge in [0.1, 0.15) is 24.4 Å². The molecule has 12 nitrogen and oxygen atoms in total. The summed E-state index contributed by atoms with van der Waals surface area (Å²) < 4.78 is 36.5. The minimum atomic E-state index is -1.10. The first kappa shape index (κ1) is 37.5. The molecule has 0 saturated heterocycles. The van der Waals surface area contributed by atoms with Crippen LogP contribution in [0.5, 0.6) is 11.5 Å². The Hall–Kier alpha value is -3.54. The highest BCUT2D eigenvalue weighted by atomic mass is 16.8. The van der Waals surface area contributed by atoms with Crippen LogP contribution in [-0.4, -0.2) is 62.0 Å². The smallest absolute Gasteiger partial charge is 0.458 e. The lowest BCUT2D eigenvalue weighted by Gasteiger charge is -2.23. The van der Waals surface area contributed by atoms with Crippen LogP contribution in [0.4, 0.5) is 14.4 Å². The van der Waals surface area contributed by atoms with Crippen molar-refractivity contribution >= 4 is 24.4 Å². The van der Waals surface area contributed by atoms with Crippen molar-refractivity contribution in [3.05, 3.63) is 23.8 Å². The summed E-state index contributed by atoms with van der Waals surface area (Å²) in [5.74, 6) is -0.898. The van der Waals surface area contributed by atoms with Crippen molar-refractivity contribution in [2.24, 2.45) is 5.73 Å². The van der Waals surface area contributed by atoms with Crippen LogP contribution in [0.1, 0.15) is 98.5 Å². The van der Waals surface area contributed by atoms with Crippen LogP contribution in [0.2, 0.25) is 0 Å². The van der Waals surface area contributed by atoms with Crippen molar-refractivity contribution in [1.29, 1.82) is 0 Å². The van der Waals surface area contributed by atoms with E-state index in [0.29, 0.717) is 24.8 Å². The normalized spacial score (nSPS) is 13.6. The lowest BCUT2D eigenvalue weighted by molar-refractivity contribution is -0.155. The van der Waals surface area contributed by atoms with Gasteiger partial charge in [0.25, 0.3) is 0 Å². The molecule has 0 fully saturated rings. The number of nitrogens with two attached hydrogens (primary N) is 1. The zero-order valence-electron chi connectivity index (χ0n) is 26.4. The summed E-state index contributed by atoms with van der Waals surface area (Å²) in [6, 6.07) is 3.29. The van der Waals surface area contributed by atoms with Gasteiger partial charge in [0.15, 0.2) is 11.5 Å². The molecular formula is C31H49NO11. The highest BCUT2D eigenvalue weighted by Gasteiger charge is 2.26. The average Bonchev–Trinajstić information content (AvgIpc) is 2.94. The van der Waals surface area contributed by atoms with Crippen LogP contribution in [0, 0.1) is 0 Å². The molecule has 2 N–H and O–H groups in total. The van der Waals surface area contributed by atoms with Gasteiger partial charge in [-0.3, -0.25) is 4.79 Å². The lowest BCUT2D eigenvalue weighted by atomic mass is 10.1. The molecule has 0 saturated carbocycles. The first-order chi connectivity index (χ1) is 20.5. The molecule has 0 heterocycles. The van der Waals surface area contributed by atoms with Gasteiger partial charge in [-0.25, -0.2) is 14.4 Å². The molecule has 1 rings (SSSR count).